The van der Waals surface area contributed by atoms with E-state index >= 15 is 0 Å². The first-order valence-electron chi connectivity index (χ1n) is 6.82. The van der Waals surface area contributed by atoms with Gasteiger partial charge < -0.3 is 9.84 Å². The van der Waals surface area contributed by atoms with Gasteiger partial charge in [0.05, 0.1) is 14.1 Å². The average molecular weight is 272 g/mol. The van der Waals surface area contributed by atoms with Gasteiger partial charge in [0.1, 0.15) is 30.7 Å². The standard InChI is InChI=1S/C17H22NO2/c1-18(2,15-9-5-3-6-10-15)13-16(19)14-20-17-11-7-4-8-12-17/h3-12,16,19H,13-14H2,1-2H3/q+1. The lowest BCUT2D eigenvalue weighted by molar-refractivity contribution is 0.0840. The Balaban J connectivity index is 1.89. The maximum Gasteiger partial charge on any atom is 0.137 e. The van der Waals surface area contributed by atoms with E-state index in [4.69, 9.17) is 4.74 Å². The highest BCUT2D eigenvalue weighted by Crippen LogP contribution is 2.18. The van der Waals surface area contributed by atoms with Crippen LogP contribution in [-0.4, -0.2) is 38.5 Å². The van der Waals surface area contributed by atoms with Crippen LogP contribution in [0.25, 0.3) is 0 Å². The molecule has 0 saturated carbocycles. The average Bonchev–Trinajstić information content (AvgIpc) is 2.47. The van der Waals surface area contributed by atoms with Crippen LogP contribution >= 0.6 is 0 Å². The normalized spacial score (nSPS) is 12.9. The van der Waals surface area contributed by atoms with Gasteiger partial charge in [-0.25, -0.2) is 0 Å². The van der Waals surface area contributed by atoms with Crippen LogP contribution in [0.2, 0.25) is 0 Å². The lowest BCUT2D eigenvalue weighted by Crippen LogP contribution is -2.47. The van der Waals surface area contributed by atoms with Crippen LogP contribution in [0.1, 0.15) is 0 Å². The van der Waals surface area contributed by atoms with E-state index in [1.165, 1.54) is 5.69 Å². The monoisotopic (exact) mass is 272 g/mol. The van der Waals surface area contributed by atoms with Gasteiger partial charge in [-0.15, -0.1) is 0 Å². The van der Waals surface area contributed by atoms with Gasteiger partial charge in [0.2, 0.25) is 0 Å². The molecule has 0 spiro atoms. The van der Waals surface area contributed by atoms with E-state index in [0.29, 0.717) is 17.6 Å². The first kappa shape index (κ1) is 14.6. The highest BCUT2D eigenvalue weighted by molar-refractivity contribution is 5.41. The van der Waals surface area contributed by atoms with Crippen molar-refractivity contribution in [1.29, 1.82) is 0 Å². The first-order valence-corrected chi connectivity index (χ1v) is 6.82. The third-order valence-electron chi connectivity index (χ3n) is 3.31. The molecule has 2 aromatic rings. The van der Waals surface area contributed by atoms with Crippen molar-refractivity contribution < 1.29 is 9.84 Å². The molecule has 3 nitrogen and oxygen atoms in total. The summed E-state index contributed by atoms with van der Waals surface area (Å²) in [6.45, 7) is 0.912. The molecule has 0 aliphatic rings. The number of hydrogen-bond acceptors (Lipinski definition) is 2. The van der Waals surface area contributed by atoms with Crippen molar-refractivity contribution in [1.82, 2.24) is 4.48 Å². The van der Waals surface area contributed by atoms with E-state index in [2.05, 4.69) is 26.2 Å². The molecule has 0 aromatic heterocycles. The molecule has 20 heavy (non-hydrogen) atoms. The number of rotatable bonds is 6. The number of aliphatic hydroxyl groups is 1. The van der Waals surface area contributed by atoms with Gasteiger partial charge >= 0.3 is 0 Å². The molecule has 0 bridgehead atoms. The number of hydrogen-bond donors (Lipinski definition) is 1. The fourth-order valence-electron chi connectivity index (χ4n) is 2.23. The maximum atomic E-state index is 10.2. The summed E-state index contributed by atoms with van der Waals surface area (Å²) in [5.74, 6) is 0.788. The molecule has 106 valence electrons. The fourth-order valence-corrected chi connectivity index (χ4v) is 2.23. The van der Waals surface area contributed by atoms with Crippen molar-refractivity contribution in [2.24, 2.45) is 0 Å². The topological polar surface area (TPSA) is 29.5 Å². The number of ether oxygens (including phenoxy) is 1. The molecule has 0 radical (unpaired) electrons. The molecule has 0 aliphatic heterocycles. The predicted octanol–water partition coefficient (Wildman–Crippen LogP) is 2.69. The van der Waals surface area contributed by atoms with Crippen LogP contribution < -0.4 is 9.22 Å². The first-order chi connectivity index (χ1) is 9.58. The minimum Gasteiger partial charge on any atom is -0.491 e. The summed E-state index contributed by atoms with van der Waals surface area (Å²) in [5, 5.41) is 10.2. The highest BCUT2D eigenvalue weighted by atomic mass is 16.5. The van der Waals surface area contributed by atoms with Gasteiger partial charge in [0.15, 0.2) is 0 Å². The van der Waals surface area contributed by atoms with Crippen LogP contribution in [0.4, 0.5) is 5.69 Å². The Kier molecular flexibility index (Phi) is 4.77. The quantitative estimate of drug-likeness (QED) is 0.819. The van der Waals surface area contributed by atoms with E-state index < -0.39 is 6.10 Å². The van der Waals surface area contributed by atoms with Crippen LogP contribution in [-0.2, 0) is 0 Å². The number of aliphatic hydroxyl groups excluding tert-OH is 1. The van der Waals surface area contributed by atoms with Gasteiger partial charge in [0, 0.05) is 0 Å². The Bertz CT molecular complexity index is 511. The summed E-state index contributed by atoms with van der Waals surface area (Å²) < 4.78 is 6.21. The van der Waals surface area contributed by atoms with Crippen LogP contribution in [0.5, 0.6) is 5.75 Å². The third-order valence-corrected chi connectivity index (χ3v) is 3.31. The Hall–Kier alpha value is -1.84. The van der Waals surface area contributed by atoms with E-state index in [-0.39, 0.29) is 0 Å². The number of likely N-dealkylation sites (N-methyl/N-ethyl adjacent to an activating group) is 1. The van der Waals surface area contributed by atoms with Crippen LogP contribution in [0, 0.1) is 0 Å². The van der Waals surface area contributed by atoms with Crippen molar-refractivity contribution in [3.05, 3.63) is 60.7 Å². The second-order valence-electron chi connectivity index (χ2n) is 5.48. The maximum absolute atomic E-state index is 10.2. The molecule has 3 heteroatoms. The van der Waals surface area contributed by atoms with Gasteiger partial charge in [0.25, 0.3) is 0 Å². The summed E-state index contributed by atoms with van der Waals surface area (Å²) in [6.07, 6.45) is -0.509. The molecule has 1 atom stereocenters. The fraction of sp³-hybridized carbons (Fsp3) is 0.294. The number of para-hydroxylation sites is 2. The van der Waals surface area contributed by atoms with E-state index in [1.54, 1.807) is 0 Å². The van der Waals surface area contributed by atoms with Gasteiger partial charge in [-0.1, -0.05) is 36.4 Å². The zero-order valence-electron chi connectivity index (χ0n) is 12.1. The zero-order chi connectivity index (χ0) is 14.4. The largest absolute Gasteiger partial charge is 0.491 e. The molecular weight excluding hydrogens is 250 g/mol. The number of quaternary nitrogens is 1. The molecule has 1 unspecified atom stereocenters. The molecule has 0 fully saturated rings. The highest BCUT2D eigenvalue weighted by Gasteiger charge is 2.23. The molecule has 0 heterocycles. The molecule has 0 aliphatic carbocycles. The molecule has 0 saturated heterocycles. The Morgan fingerprint density at radius 3 is 2.10 bits per heavy atom. The summed E-state index contributed by atoms with van der Waals surface area (Å²) in [7, 11) is 4.17. The van der Waals surface area contributed by atoms with Crippen molar-refractivity contribution in [3.63, 3.8) is 0 Å². The summed E-state index contributed by atoms with van der Waals surface area (Å²) in [5.41, 5.74) is 1.17. The van der Waals surface area contributed by atoms with E-state index in [0.717, 1.165) is 5.75 Å². The predicted molar refractivity (Wildman–Crippen MR) is 82.9 cm³/mol. The molecule has 0 amide bonds. The molecule has 1 N–H and O–H groups in total. The Morgan fingerprint density at radius 1 is 0.950 bits per heavy atom. The third kappa shape index (κ3) is 4.08. The summed E-state index contributed by atoms with van der Waals surface area (Å²) in [4.78, 5) is 0. The minimum atomic E-state index is -0.509. The Labute approximate surface area is 120 Å². The second kappa shape index (κ2) is 6.55. The van der Waals surface area contributed by atoms with Crippen LogP contribution in [0.3, 0.4) is 0 Å². The van der Waals surface area contributed by atoms with Crippen molar-refractivity contribution in [3.8, 4) is 5.75 Å². The molecular formula is C17H22NO2+. The second-order valence-corrected chi connectivity index (χ2v) is 5.48. The lowest BCUT2D eigenvalue weighted by atomic mass is 10.2. The SMILES string of the molecule is C[N+](C)(CC(O)COc1ccccc1)c1ccccc1. The summed E-state index contributed by atoms with van der Waals surface area (Å²) >= 11 is 0. The molecule has 2 aromatic carbocycles. The molecule has 2 rings (SSSR count). The van der Waals surface area contributed by atoms with Crippen LogP contribution in [0.15, 0.2) is 60.7 Å². The van der Waals surface area contributed by atoms with E-state index in [1.807, 2.05) is 48.5 Å². The number of benzene rings is 2. The number of nitrogens with zero attached hydrogens (tertiary/aromatic N) is 1. The minimum absolute atomic E-state index is 0.304. The van der Waals surface area contributed by atoms with Crippen molar-refractivity contribution in [2.75, 3.05) is 27.2 Å². The van der Waals surface area contributed by atoms with Crippen molar-refractivity contribution >= 4 is 5.69 Å². The van der Waals surface area contributed by atoms with Gasteiger partial charge in [-0.2, -0.15) is 0 Å². The zero-order valence-corrected chi connectivity index (χ0v) is 12.1. The van der Waals surface area contributed by atoms with E-state index in [9.17, 15) is 5.11 Å². The smallest absolute Gasteiger partial charge is 0.137 e. The van der Waals surface area contributed by atoms with Crippen molar-refractivity contribution in [2.45, 2.75) is 6.10 Å². The van der Waals surface area contributed by atoms with Gasteiger partial charge in [-0.3, -0.25) is 4.48 Å². The Morgan fingerprint density at radius 2 is 1.50 bits per heavy atom. The summed E-state index contributed by atoms with van der Waals surface area (Å²) in [6, 6.07) is 19.8. The van der Waals surface area contributed by atoms with Gasteiger partial charge in [-0.05, 0) is 24.3 Å². The lowest BCUT2D eigenvalue weighted by Gasteiger charge is -2.31.